The summed E-state index contributed by atoms with van der Waals surface area (Å²) in [6, 6.07) is 0. The molecule has 2 fully saturated rings. The molecule has 1 saturated carbocycles. The number of carbonyl (C=O) groups excluding carboxylic acids is 3. The van der Waals surface area contributed by atoms with Crippen molar-refractivity contribution in [2.75, 3.05) is 7.11 Å². The summed E-state index contributed by atoms with van der Waals surface area (Å²) >= 11 is 0. The quantitative estimate of drug-likeness (QED) is 0.226. The number of allylic oxidation sites excluding steroid dienone is 1. The second-order valence-electron chi connectivity index (χ2n) is 9.98. The molecule has 0 aromatic carbocycles. The van der Waals surface area contributed by atoms with E-state index in [0.29, 0.717) is 11.1 Å². The Kier molecular flexibility index (Phi) is 6.31. The van der Waals surface area contributed by atoms with Crippen LogP contribution in [0.5, 0.6) is 0 Å². The van der Waals surface area contributed by atoms with E-state index in [0.717, 1.165) is 6.92 Å². The van der Waals surface area contributed by atoms with E-state index in [4.69, 9.17) is 18.9 Å². The van der Waals surface area contributed by atoms with Gasteiger partial charge >= 0.3 is 17.9 Å². The standard InChI is InChI=1S/C24H34O10/c1-9-11(2)19(27)32-16-12(3)15-17-24(30,23(7,29)20(28)33-17)14(26)10-21(5,34-13(4)25)22(15,6)18(16)31-8/h9,14,16-18,26,29-30H,10H2,1-8H3/b11-9-/t14-,16-,17-,18+,21-,22+,23+,24+/m0/s1. The maximum Gasteiger partial charge on any atom is 0.341 e. The molecular formula is C24H34O10. The Morgan fingerprint density at radius 1 is 1.18 bits per heavy atom. The summed E-state index contributed by atoms with van der Waals surface area (Å²) in [6.45, 7) is 10.4. The molecule has 0 amide bonds. The second-order valence-corrected chi connectivity index (χ2v) is 9.98. The van der Waals surface area contributed by atoms with Gasteiger partial charge in [-0.05, 0) is 52.7 Å². The number of carbonyl (C=O) groups is 3. The van der Waals surface area contributed by atoms with Gasteiger partial charge in [-0.15, -0.1) is 0 Å². The smallest absolute Gasteiger partial charge is 0.341 e. The average Bonchev–Trinajstić information content (AvgIpc) is 3.04. The van der Waals surface area contributed by atoms with Gasteiger partial charge in [-0.3, -0.25) is 4.79 Å². The van der Waals surface area contributed by atoms with Crippen molar-refractivity contribution in [3.63, 3.8) is 0 Å². The Morgan fingerprint density at radius 2 is 1.76 bits per heavy atom. The number of aliphatic hydroxyl groups is 3. The monoisotopic (exact) mass is 482 g/mol. The van der Waals surface area contributed by atoms with E-state index in [9.17, 15) is 29.7 Å². The number of methoxy groups -OCH3 is 1. The molecule has 0 unspecified atom stereocenters. The molecule has 1 heterocycles. The van der Waals surface area contributed by atoms with Crippen LogP contribution >= 0.6 is 0 Å². The first-order chi connectivity index (χ1) is 15.5. The van der Waals surface area contributed by atoms with E-state index in [2.05, 4.69) is 0 Å². The van der Waals surface area contributed by atoms with E-state index in [1.165, 1.54) is 14.0 Å². The number of ether oxygens (including phenoxy) is 4. The molecule has 0 aromatic rings. The molecule has 3 rings (SSSR count). The van der Waals surface area contributed by atoms with Gasteiger partial charge in [-0.2, -0.15) is 0 Å². The number of fused-ring (bicyclic) bond motifs is 3. The third-order valence-corrected chi connectivity index (χ3v) is 8.12. The van der Waals surface area contributed by atoms with Crippen LogP contribution in [0, 0.1) is 5.41 Å². The van der Waals surface area contributed by atoms with Gasteiger partial charge in [0.1, 0.15) is 11.7 Å². The summed E-state index contributed by atoms with van der Waals surface area (Å²) in [7, 11) is 1.40. The number of esters is 3. The maximum absolute atomic E-state index is 12.7. The summed E-state index contributed by atoms with van der Waals surface area (Å²) < 4.78 is 22.8. The van der Waals surface area contributed by atoms with E-state index in [1.54, 1.807) is 40.7 Å². The van der Waals surface area contributed by atoms with Crippen LogP contribution in [-0.2, 0) is 33.3 Å². The minimum atomic E-state index is -2.48. The van der Waals surface area contributed by atoms with Gasteiger partial charge in [0.25, 0.3) is 0 Å². The first-order valence-corrected chi connectivity index (χ1v) is 11.2. The molecule has 10 nitrogen and oxygen atoms in total. The van der Waals surface area contributed by atoms with Gasteiger partial charge in [-0.25, -0.2) is 9.59 Å². The van der Waals surface area contributed by atoms with Gasteiger partial charge in [-0.1, -0.05) is 6.08 Å². The number of rotatable bonds is 4. The van der Waals surface area contributed by atoms with Gasteiger partial charge in [0.05, 0.1) is 11.5 Å². The van der Waals surface area contributed by atoms with Crippen molar-refractivity contribution < 1.29 is 48.7 Å². The van der Waals surface area contributed by atoms with E-state index in [-0.39, 0.29) is 12.0 Å². The number of aliphatic hydroxyl groups excluding tert-OH is 1. The van der Waals surface area contributed by atoms with E-state index >= 15 is 0 Å². The molecule has 1 aliphatic heterocycles. The molecule has 8 atom stereocenters. The minimum Gasteiger partial charge on any atom is -0.458 e. The topological polar surface area (TPSA) is 149 Å². The van der Waals surface area contributed by atoms with Crippen LogP contribution in [0.15, 0.2) is 22.8 Å². The molecular weight excluding hydrogens is 448 g/mol. The Balaban J connectivity index is 2.33. The van der Waals surface area contributed by atoms with Crippen molar-refractivity contribution in [3.8, 4) is 0 Å². The predicted molar refractivity (Wildman–Crippen MR) is 117 cm³/mol. The number of hydrogen-bond acceptors (Lipinski definition) is 10. The summed E-state index contributed by atoms with van der Waals surface area (Å²) in [5.74, 6) is -2.37. The lowest BCUT2D eigenvalue weighted by molar-refractivity contribution is -0.206. The normalized spacial score (nSPS) is 44.2. The largest absolute Gasteiger partial charge is 0.458 e. The van der Waals surface area contributed by atoms with Gasteiger partial charge < -0.3 is 34.3 Å². The summed E-state index contributed by atoms with van der Waals surface area (Å²) in [6.07, 6.45) is -3.96. The van der Waals surface area contributed by atoms with Crippen LogP contribution in [0.25, 0.3) is 0 Å². The third-order valence-electron chi connectivity index (χ3n) is 8.12. The summed E-state index contributed by atoms with van der Waals surface area (Å²) in [5.41, 5.74) is -6.80. The highest BCUT2D eigenvalue weighted by Gasteiger charge is 2.77. The Hall–Kier alpha value is -2.27. The Morgan fingerprint density at radius 3 is 2.26 bits per heavy atom. The Bertz CT molecular complexity index is 980. The van der Waals surface area contributed by atoms with Crippen molar-refractivity contribution in [2.45, 2.75) is 96.1 Å². The van der Waals surface area contributed by atoms with Crippen LogP contribution in [0.1, 0.15) is 54.9 Å². The maximum atomic E-state index is 12.7. The molecule has 0 bridgehead atoms. The molecule has 2 aliphatic carbocycles. The molecule has 0 spiro atoms. The SMILES string of the molecule is C/C=C(/C)C(=O)O[C@H]1C(C)=C2[C@@H]3OC(=O)[C@@](C)(O)[C@@]3(O)[C@@H](O)C[C@](C)(OC(C)=O)[C@@]2(C)[C@@H]1OC. The fourth-order valence-corrected chi connectivity index (χ4v) is 5.86. The minimum absolute atomic E-state index is 0.254. The first-order valence-electron chi connectivity index (χ1n) is 11.2. The highest BCUT2D eigenvalue weighted by atomic mass is 16.6. The highest BCUT2D eigenvalue weighted by Crippen LogP contribution is 2.62. The first kappa shape index (κ1) is 26.3. The van der Waals surface area contributed by atoms with Crippen molar-refractivity contribution in [3.05, 3.63) is 22.8 Å². The van der Waals surface area contributed by atoms with Crippen molar-refractivity contribution in [1.29, 1.82) is 0 Å². The van der Waals surface area contributed by atoms with Crippen LogP contribution in [-0.4, -0.2) is 81.6 Å². The molecule has 190 valence electrons. The van der Waals surface area contributed by atoms with Crippen LogP contribution in [0.2, 0.25) is 0 Å². The molecule has 0 aromatic heterocycles. The molecule has 10 heteroatoms. The molecule has 3 N–H and O–H groups in total. The fourth-order valence-electron chi connectivity index (χ4n) is 5.86. The summed E-state index contributed by atoms with van der Waals surface area (Å²) in [4.78, 5) is 37.5. The third kappa shape index (κ3) is 3.19. The lowest BCUT2D eigenvalue weighted by atomic mass is 9.66. The molecule has 34 heavy (non-hydrogen) atoms. The van der Waals surface area contributed by atoms with Gasteiger partial charge in [0, 0.05) is 26.0 Å². The van der Waals surface area contributed by atoms with Crippen molar-refractivity contribution in [2.24, 2.45) is 5.41 Å². The molecule has 3 aliphatic rings. The van der Waals surface area contributed by atoms with Crippen LogP contribution in [0.4, 0.5) is 0 Å². The zero-order chi connectivity index (χ0) is 26.0. The molecule has 0 radical (unpaired) electrons. The lowest BCUT2D eigenvalue weighted by Gasteiger charge is -2.48. The van der Waals surface area contributed by atoms with E-state index < -0.39 is 64.5 Å². The van der Waals surface area contributed by atoms with Crippen LogP contribution < -0.4 is 0 Å². The zero-order valence-electron chi connectivity index (χ0n) is 20.8. The number of hydrogen-bond donors (Lipinski definition) is 3. The highest BCUT2D eigenvalue weighted by molar-refractivity contribution is 5.88. The van der Waals surface area contributed by atoms with Crippen molar-refractivity contribution >= 4 is 17.9 Å². The van der Waals surface area contributed by atoms with Gasteiger partial charge in [0.2, 0.25) is 0 Å². The van der Waals surface area contributed by atoms with Crippen molar-refractivity contribution in [1.82, 2.24) is 0 Å². The second kappa shape index (κ2) is 8.15. The fraction of sp³-hybridized carbons (Fsp3) is 0.708. The van der Waals surface area contributed by atoms with E-state index in [1.807, 2.05) is 0 Å². The van der Waals surface area contributed by atoms with Crippen LogP contribution in [0.3, 0.4) is 0 Å². The molecule has 1 saturated heterocycles. The summed E-state index contributed by atoms with van der Waals surface area (Å²) in [5, 5.41) is 33.8. The predicted octanol–water partition coefficient (Wildman–Crippen LogP) is 0.710. The lowest BCUT2D eigenvalue weighted by Crippen LogP contribution is -2.63. The van der Waals surface area contributed by atoms with Gasteiger partial charge in [0.15, 0.2) is 23.4 Å². The average molecular weight is 483 g/mol. The zero-order valence-corrected chi connectivity index (χ0v) is 20.8. The Labute approximate surface area is 198 Å².